The number of carbonyl (C=O) groups is 1. The van der Waals surface area contributed by atoms with E-state index in [2.05, 4.69) is 39.1 Å². The minimum Gasteiger partial charge on any atom is -0.326 e. The summed E-state index contributed by atoms with van der Waals surface area (Å²) in [4.78, 5) is 24.0. The first-order chi connectivity index (χ1) is 14.6. The molecule has 1 amide bonds. The lowest BCUT2D eigenvalue weighted by atomic mass is 9.46. The van der Waals surface area contributed by atoms with Crippen LogP contribution in [0.3, 0.4) is 0 Å². The predicted octanol–water partition coefficient (Wildman–Crippen LogP) is 6.75. The van der Waals surface area contributed by atoms with E-state index in [1.165, 1.54) is 37.8 Å². The van der Waals surface area contributed by atoms with E-state index < -0.39 is 10.3 Å². The Bertz CT molecular complexity index is 890. The Morgan fingerprint density at radius 2 is 1.87 bits per heavy atom. The SMILES string of the molecule is CC(C)C1CC[C@H]2C(=CCC3[C@](C)(C(=O)Nc4ccc([N+](=O)[O-])cc4)CCC[C@@]32C)C1. The maximum Gasteiger partial charge on any atom is 0.269 e. The summed E-state index contributed by atoms with van der Waals surface area (Å²) in [5, 5.41) is 14.0. The van der Waals surface area contributed by atoms with E-state index in [1.807, 2.05) is 0 Å². The normalized spacial score (nSPS) is 35.0. The van der Waals surface area contributed by atoms with Crippen LogP contribution in [0, 0.1) is 44.6 Å². The summed E-state index contributed by atoms with van der Waals surface area (Å²) in [6.07, 6.45) is 10.4. The van der Waals surface area contributed by atoms with Crippen molar-refractivity contribution in [1.29, 1.82) is 0 Å². The fourth-order valence-corrected chi connectivity index (χ4v) is 7.00. The van der Waals surface area contributed by atoms with Crippen molar-refractivity contribution in [3.05, 3.63) is 46.0 Å². The van der Waals surface area contributed by atoms with Gasteiger partial charge in [-0.15, -0.1) is 0 Å². The van der Waals surface area contributed by atoms with E-state index in [9.17, 15) is 14.9 Å². The molecular weight excluding hydrogens is 388 g/mol. The second kappa shape index (κ2) is 8.07. The van der Waals surface area contributed by atoms with Crippen molar-refractivity contribution in [2.75, 3.05) is 5.32 Å². The van der Waals surface area contributed by atoms with Crippen LogP contribution in [-0.2, 0) is 4.79 Å². The first-order valence-electron chi connectivity index (χ1n) is 11.9. The number of nitrogens with zero attached hydrogens (tertiary/aromatic N) is 1. The largest absolute Gasteiger partial charge is 0.326 e. The van der Waals surface area contributed by atoms with Crippen LogP contribution in [0.15, 0.2) is 35.9 Å². The van der Waals surface area contributed by atoms with E-state index in [0.717, 1.165) is 31.1 Å². The third-order valence-electron chi connectivity index (χ3n) is 8.96. The van der Waals surface area contributed by atoms with Gasteiger partial charge in [-0.05, 0) is 79.7 Å². The molecule has 0 aliphatic heterocycles. The van der Waals surface area contributed by atoms with E-state index >= 15 is 0 Å². The number of nitro benzene ring substituents is 1. The molecule has 0 spiro atoms. The summed E-state index contributed by atoms with van der Waals surface area (Å²) in [7, 11) is 0. The zero-order valence-corrected chi connectivity index (χ0v) is 19.3. The molecule has 168 valence electrons. The predicted molar refractivity (Wildman–Crippen MR) is 124 cm³/mol. The van der Waals surface area contributed by atoms with Gasteiger partial charge in [0.05, 0.1) is 10.3 Å². The Hall–Kier alpha value is -2.17. The van der Waals surface area contributed by atoms with E-state index in [-0.39, 0.29) is 17.0 Å². The Morgan fingerprint density at radius 1 is 1.16 bits per heavy atom. The maximum atomic E-state index is 13.5. The molecule has 2 unspecified atom stereocenters. The highest BCUT2D eigenvalue weighted by atomic mass is 16.6. The molecular formula is C26H36N2O3. The summed E-state index contributed by atoms with van der Waals surface area (Å²) in [5.74, 6) is 2.52. The molecule has 5 heteroatoms. The zero-order chi connectivity index (χ0) is 22.4. The average molecular weight is 425 g/mol. The second-order valence-corrected chi connectivity index (χ2v) is 10.9. The molecule has 4 rings (SSSR count). The number of nitro groups is 1. The second-order valence-electron chi connectivity index (χ2n) is 10.9. The van der Waals surface area contributed by atoms with Crippen LogP contribution in [0.4, 0.5) is 11.4 Å². The van der Waals surface area contributed by atoms with Crippen LogP contribution in [0.2, 0.25) is 0 Å². The van der Waals surface area contributed by atoms with Crippen molar-refractivity contribution in [2.24, 2.45) is 34.5 Å². The number of hydrogen-bond acceptors (Lipinski definition) is 3. The van der Waals surface area contributed by atoms with Gasteiger partial charge in [0.25, 0.3) is 5.69 Å². The zero-order valence-electron chi connectivity index (χ0n) is 19.3. The topological polar surface area (TPSA) is 72.2 Å². The van der Waals surface area contributed by atoms with Gasteiger partial charge in [0, 0.05) is 17.8 Å². The smallest absolute Gasteiger partial charge is 0.269 e. The van der Waals surface area contributed by atoms with Gasteiger partial charge in [-0.2, -0.15) is 0 Å². The lowest BCUT2D eigenvalue weighted by molar-refractivity contribution is -0.384. The Kier molecular flexibility index (Phi) is 5.74. The van der Waals surface area contributed by atoms with Crippen LogP contribution in [0.1, 0.15) is 72.6 Å². The lowest BCUT2D eigenvalue weighted by Gasteiger charge is -2.58. The fraction of sp³-hybridized carbons (Fsp3) is 0.654. The van der Waals surface area contributed by atoms with Gasteiger partial charge in [-0.1, -0.05) is 45.8 Å². The van der Waals surface area contributed by atoms with Gasteiger partial charge in [-0.25, -0.2) is 0 Å². The number of non-ortho nitro benzene ring substituents is 1. The number of fused-ring (bicyclic) bond motifs is 3. The van der Waals surface area contributed by atoms with Crippen molar-refractivity contribution in [3.8, 4) is 0 Å². The van der Waals surface area contributed by atoms with Crippen molar-refractivity contribution in [3.63, 3.8) is 0 Å². The molecule has 1 N–H and O–H groups in total. The van der Waals surface area contributed by atoms with Crippen molar-refractivity contribution in [2.45, 2.75) is 72.6 Å². The van der Waals surface area contributed by atoms with E-state index in [4.69, 9.17) is 0 Å². The molecule has 5 nitrogen and oxygen atoms in total. The maximum absolute atomic E-state index is 13.5. The summed E-state index contributed by atoms with van der Waals surface area (Å²) in [6, 6.07) is 6.17. The van der Waals surface area contributed by atoms with E-state index in [0.29, 0.717) is 17.5 Å². The van der Waals surface area contributed by atoms with Crippen molar-refractivity contribution >= 4 is 17.3 Å². The molecule has 31 heavy (non-hydrogen) atoms. The number of allylic oxidation sites excluding steroid dienone is 2. The Balaban J connectivity index is 1.56. The number of carbonyl (C=O) groups excluding carboxylic acids is 1. The first kappa shape index (κ1) is 22.0. The van der Waals surface area contributed by atoms with Crippen LogP contribution in [-0.4, -0.2) is 10.8 Å². The van der Waals surface area contributed by atoms with Crippen LogP contribution in [0.5, 0.6) is 0 Å². The van der Waals surface area contributed by atoms with Gasteiger partial charge in [0.15, 0.2) is 0 Å². The first-order valence-corrected chi connectivity index (χ1v) is 11.9. The molecule has 0 bridgehead atoms. The average Bonchev–Trinajstić information content (AvgIpc) is 2.73. The number of amides is 1. The molecule has 0 aromatic heterocycles. The fourth-order valence-electron chi connectivity index (χ4n) is 7.00. The standard InChI is InChI=1S/C26H36N2O3/c1-17(2)18-6-12-22-19(16-18)7-13-23-25(22,3)14-5-15-26(23,4)24(29)27-20-8-10-21(11-9-20)28(30)31/h7-11,17-18,22-23H,5-6,12-16H2,1-4H3,(H,27,29)/t18?,22-,23?,25+,26+/m0/s1. The van der Waals surface area contributed by atoms with Crippen molar-refractivity contribution < 1.29 is 9.72 Å². The summed E-state index contributed by atoms with van der Waals surface area (Å²) < 4.78 is 0. The minimum atomic E-state index is -0.425. The Labute approximate surface area is 185 Å². The van der Waals surface area contributed by atoms with Gasteiger partial charge in [0.1, 0.15) is 0 Å². The number of hydrogen-bond donors (Lipinski definition) is 1. The third-order valence-corrected chi connectivity index (χ3v) is 8.96. The molecule has 3 aliphatic carbocycles. The van der Waals surface area contributed by atoms with Gasteiger partial charge in [0.2, 0.25) is 5.91 Å². The molecule has 2 saturated carbocycles. The minimum absolute atomic E-state index is 0.0383. The Morgan fingerprint density at radius 3 is 2.52 bits per heavy atom. The number of benzene rings is 1. The number of anilines is 1. The summed E-state index contributed by atoms with van der Waals surface area (Å²) in [5.41, 5.74) is 2.08. The van der Waals surface area contributed by atoms with Crippen LogP contribution in [0.25, 0.3) is 0 Å². The molecule has 3 aliphatic rings. The van der Waals surface area contributed by atoms with Gasteiger partial charge in [-0.3, -0.25) is 14.9 Å². The van der Waals surface area contributed by atoms with Gasteiger partial charge < -0.3 is 5.32 Å². The molecule has 0 saturated heterocycles. The highest BCUT2D eigenvalue weighted by molar-refractivity contribution is 5.95. The van der Waals surface area contributed by atoms with Crippen molar-refractivity contribution in [1.82, 2.24) is 0 Å². The van der Waals surface area contributed by atoms with Crippen LogP contribution < -0.4 is 5.32 Å². The molecule has 0 radical (unpaired) electrons. The molecule has 2 fully saturated rings. The summed E-state index contributed by atoms with van der Waals surface area (Å²) >= 11 is 0. The molecule has 1 aromatic rings. The highest BCUT2D eigenvalue weighted by Crippen LogP contribution is 2.63. The number of nitrogens with one attached hydrogen (secondary N) is 1. The lowest BCUT2D eigenvalue weighted by Crippen LogP contribution is -2.54. The monoisotopic (exact) mass is 424 g/mol. The molecule has 0 heterocycles. The molecule has 1 aromatic carbocycles. The quantitative estimate of drug-likeness (QED) is 0.330. The third kappa shape index (κ3) is 3.81. The highest BCUT2D eigenvalue weighted by Gasteiger charge is 2.57. The number of rotatable bonds is 4. The van der Waals surface area contributed by atoms with Gasteiger partial charge >= 0.3 is 0 Å². The summed E-state index contributed by atoms with van der Waals surface area (Å²) in [6.45, 7) is 9.29. The van der Waals surface area contributed by atoms with E-state index in [1.54, 1.807) is 17.7 Å². The van der Waals surface area contributed by atoms with Crippen LogP contribution >= 0.6 is 0 Å². The molecule has 5 atom stereocenters.